The summed E-state index contributed by atoms with van der Waals surface area (Å²) in [7, 11) is 0. The number of hydrogen-bond acceptors (Lipinski definition) is 8. The van der Waals surface area contributed by atoms with Crippen molar-refractivity contribution in [3.63, 3.8) is 0 Å². The molecule has 0 unspecified atom stereocenters. The number of carbonyl (C=O) groups is 1. The molecule has 6 rings (SSSR count). The number of aromatic nitrogens is 5. The molecule has 0 radical (unpaired) electrons. The molecule has 0 saturated carbocycles. The van der Waals surface area contributed by atoms with Gasteiger partial charge in [-0.1, -0.05) is 18.2 Å². The van der Waals surface area contributed by atoms with Gasteiger partial charge in [0.25, 0.3) is 5.91 Å². The zero-order valence-electron chi connectivity index (χ0n) is 18.3. The highest BCUT2D eigenvalue weighted by Gasteiger charge is 2.15. The van der Waals surface area contributed by atoms with Gasteiger partial charge in [0.1, 0.15) is 11.4 Å². The average Bonchev–Trinajstić information content (AvgIpc) is 3.54. The first-order valence-electron chi connectivity index (χ1n) is 10.8. The van der Waals surface area contributed by atoms with Crippen molar-refractivity contribution in [3.8, 4) is 40.0 Å². The number of amides is 1. The highest BCUT2D eigenvalue weighted by molar-refractivity contribution is 5.92. The molecule has 0 fully saturated rings. The van der Waals surface area contributed by atoms with Crippen LogP contribution < -0.4 is 19.5 Å². The Labute approximate surface area is 199 Å². The molecule has 1 aliphatic heterocycles. The zero-order chi connectivity index (χ0) is 23.6. The van der Waals surface area contributed by atoms with Gasteiger partial charge in [-0.2, -0.15) is 9.61 Å². The van der Waals surface area contributed by atoms with Gasteiger partial charge in [0.05, 0.1) is 5.69 Å². The van der Waals surface area contributed by atoms with Crippen LogP contribution in [0, 0.1) is 0 Å². The minimum Gasteiger partial charge on any atom is -0.484 e. The van der Waals surface area contributed by atoms with E-state index in [0.717, 1.165) is 5.56 Å². The van der Waals surface area contributed by atoms with Gasteiger partial charge in [0.15, 0.2) is 23.8 Å². The average molecular weight is 466 g/mol. The summed E-state index contributed by atoms with van der Waals surface area (Å²) in [6.07, 6.45) is 1.70. The van der Waals surface area contributed by atoms with Crippen LogP contribution in [0.15, 0.2) is 79.0 Å². The van der Waals surface area contributed by atoms with E-state index in [1.165, 1.54) is 0 Å². The highest BCUT2D eigenvalue weighted by atomic mass is 16.7. The normalized spacial score (nSPS) is 12.0. The maximum absolute atomic E-state index is 12.5. The fourth-order valence-corrected chi connectivity index (χ4v) is 3.67. The Balaban J connectivity index is 1.18. The zero-order valence-corrected chi connectivity index (χ0v) is 18.3. The Kier molecular flexibility index (Phi) is 5.15. The van der Waals surface area contributed by atoms with E-state index >= 15 is 0 Å². The second-order valence-corrected chi connectivity index (χ2v) is 7.66. The molecule has 1 N–H and O–H groups in total. The summed E-state index contributed by atoms with van der Waals surface area (Å²) in [5.41, 5.74) is 3.43. The molecule has 0 bridgehead atoms. The summed E-state index contributed by atoms with van der Waals surface area (Å²) in [5, 5.41) is 16.0. The number of nitrogens with zero attached hydrogens (tertiary/aromatic N) is 5. The predicted octanol–water partition coefficient (Wildman–Crippen LogP) is 3.60. The van der Waals surface area contributed by atoms with Gasteiger partial charge in [0.2, 0.25) is 12.6 Å². The van der Waals surface area contributed by atoms with Crippen molar-refractivity contribution in [2.75, 3.05) is 18.7 Å². The van der Waals surface area contributed by atoms with Crippen molar-refractivity contribution in [1.29, 1.82) is 0 Å². The standard InChI is InChI=1S/C25H18N6O4/c32-24(14-33-18-7-9-21-22(13-18)35-15-34-21)27-17-5-3-4-16(12-17)19-8-10-23-28-29-25(31(23)30-19)20-6-1-2-11-26-20/h1-13H,14-15H2,(H,27,32). The molecule has 2 aromatic carbocycles. The van der Waals surface area contributed by atoms with Gasteiger partial charge >= 0.3 is 0 Å². The molecule has 0 spiro atoms. The maximum Gasteiger partial charge on any atom is 0.262 e. The van der Waals surface area contributed by atoms with Gasteiger partial charge in [-0.15, -0.1) is 10.2 Å². The van der Waals surface area contributed by atoms with Gasteiger partial charge in [-0.25, -0.2) is 0 Å². The summed E-state index contributed by atoms with van der Waals surface area (Å²) in [4.78, 5) is 16.8. The van der Waals surface area contributed by atoms with E-state index in [2.05, 4.69) is 20.5 Å². The third kappa shape index (κ3) is 4.20. The molecule has 1 amide bonds. The van der Waals surface area contributed by atoms with Crippen molar-refractivity contribution in [2.45, 2.75) is 0 Å². The summed E-state index contributed by atoms with van der Waals surface area (Å²) < 4.78 is 17.9. The lowest BCUT2D eigenvalue weighted by molar-refractivity contribution is -0.118. The number of rotatable bonds is 6. The van der Waals surface area contributed by atoms with Crippen LogP contribution in [0.1, 0.15) is 0 Å². The number of benzene rings is 2. The van der Waals surface area contributed by atoms with E-state index in [9.17, 15) is 4.79 Å². The van der Waals surface area contributed by atoms with Crippen LogP contribution in [0.4, 0.5) is 5.69 Å². The van der Waals surface area contributed by atoms with Crippen molar-refractivity contribution < 1.29 is 19.0 Å². The van der Waals surface area contributed by atoms with Crippen LogP contribution in [0.25, 0.3) is 28.4 Å². The van der Waals surface area contributed by atoms with Crippen LogP contribution in [0.5, 0.6) is 17.2 Å². The number of ether oxygens (including phenoxy) is 3. The summed E-state index contributed by atoms with van der Waals surface area (Å²) in [5.74, 6) is 2.03. The van der Waals surface area contributed by atoms with Crippen molar-refractivity contribution in [1.82, 2.24) is 24.8 Å². The smallest absolute Gasteiger partial charge is 0.262 e. The Hall–Kier alpha value is -4.99. The molecule has 1 aliphatic rings. The largest absolute Gasteiger partial charge is 0.484 e. The van der Waals surface area contributed by atoms with Crippen LogP contribution in [-0.2, 0) is 4.79 Å². The number of nitrogens with one attached hydrogen (secondary N) is 1. The molecule has 35 heavy (non-hydrogen) atoms. The lowest BCUT2D eigenvalue weighted by Crippen LogP contribution is -2.20. The van der Waals surface area contributed by atoms with Crippen molar-refractivity contribution in [3.05, 3.63) is 79.0 Å². The molecule has 4 heterocycles. The molecule has 172 valence electrons. The molecule has 0 atom stereocenters. The predicted molar refractivity (Wildman–Crippen MR) is 126 cm³/mol. The first-order valence-corrected chi connectivity index (χ1v) is 10.8. The minimum absolute atomic E-state index is 0.151. The second kappa shape index (κ2) is 8.75. The van der Waals surface area contributed by atoms with E-state index in [4.69, 9.17) is 19.3 Å². The third-order valence-electron chi connectivity index (χ3n) is 5.31. The fourth-order valence-electron chi connectivity index (χ4n) is 3.67. The van der Waals surface area contributed by atoms with E-state index in [-0.39, 0.29) is 19.3 Å². The molecule has 10 nitrogen and oxygen atoms in total. The first-order chi connectivity index (χ1) is 17.2. The molecule has 0 saturated heterocycles. The van der Waals surface area contributed by atoms with Gasteiger partial charge in [0, 0.05) is 23.5 Å². The highest BCUT2D eigenvalue weighted by Crippen LogP contribution is 2.35. The van der Waals surface area contributed by atoms with Gasteiger partial charge < -0.3 is 19.5 Å². The summed E-state index contributed by atoms with van der Waals surface area (Å²) in [6, 6.07) is 21.9. The van der Waals surface area contributed by atoms with Crippen LogP contribution in [0.2, 0.25) is 0 Å². The molecule has 0 aliphatic carbocycles. The topological polar surface area (TPSA) is 113 Å². The fraction of sp³-hybridized carbons (Fsp3) is 0.0800. The van der Waals surface area contributed by atoms with Crippen LogP contribution in [-0.4, -0.2) is 44.1 Å². The van der Waals surface area contributed by atoms with Gasteiger partial charge in [-0.05, 0) is 48.5 Å². The number of anilines is 1. The number of hydrogen-bond donors (Lipinski definition) is 1. The van der Waals surface area contributed by atoms with Crippen LogP contribution >= 0.6 is 0 Å². The summed E-state index contributed by atoms with van der Waals surface area (Å²) >= 11 is 0. The maximum atomic E-state index is 12.5. The van der Waals surface area contributed by atoms with Gasteiger partial charge in [-0.3, -0.25) is 9.78 Å². The lowest BCUT2D eigenvalue weighted by Gasteiger charge is -2.09. The van der Waals surface area contributed by atoms with Crippen molar-refractivity contribution >= 4 is 17.2 Å². The van der Waals surface area contributed by atoms with E-state index in [1.807, 2.05) is 48.5 Å². The molecular weight excluding hydrogens is 448 g/mol. The second-order valence-electron chi connectivity index (χ2n) is 7.66. The van der Waals surface area contributed by atoms with E-state index < -0.39 is 0 Å². The molecule has 5 aromatic rings. The Morgan fingerprint density at radius 3 is 2.80 bits per heavy atom. The minimum atomic E-state index is -0.292. The van der Waals surface area contributed by atoms with Crippen LogP contribution in [0.3, 0.4) is 0 Å². The molecule has 10 heteroatoms. The number of fused-ring (bicyclic) bond motifs is 2. The Morgan fingerprint density at radius 2 is 1.89 bits per heavy atom. The third-order valence-corrected chi connectivity index (χ3v) is 5.31. The first kappa shape index (κ1) is 20.6. The van der Waals surface area contributed by atoms with E-state index in [1.54, 1.807) is 35.0 Å². The SMILES string of the molecule is O=C(COc1ccc2c(c1)OCO2)Nc1cccc(-c2ccc3nnc(-c4ccccn4)n3n2)c1. The molecule has 3 aromatic heterocycles. The quantitative estimate of drug-likeness (QED) is 0.404. The monoisotopic (exact) mass is 466 g/mol. The lowest BCUT2D eigenvalue weighted by atomic mass is 10.1. The molecular formula is C25H18N6O4. The van der Waals surface area contributed by atoms with Crippen molar-refractivity contribution in [2.24, 2.45) is 0 Å². The number of carbonyl (C=O) groups excluding carboxylic acids is 1. The summed E-state index contributed by atoms with van der Waals surface area (Å²) in [6.45, 7) is 0.0292. The number of pyridine rings is 1. The van der Waals surface area contributed by atoms with E-state index in [0.29, 0.717) is 45.8 Å². The Morgan fingerprint density at radius 1 is 0.943 bits per heavy atom. The Bertz CT molecular complexity index is 1540.